The van der Waals surface area contributed by atoms with Gasteiger partial charge in [0.1, 0.15) is 17.2 Å². The zero-order valence-electron chi connectivity index (χ0n) is 11.1. The molecule has 0 N–H and O–H groups in total. The number of halogens is 5. The van der Waals surface area contributed by atoms with Crippen LogP contribution in [0.4, 0.5) is 17.6 Å². The van der Waals surface area contributed by atoms with E-state index in [0.717, 1.165) is 17.7 Å². The quantitative estimate of drug-likeness (QED) is 0.516. The van der Waals surface area contributed by atoms with E-state index in [2.05, 4.69) is 4.74 Å². The maximum atomic E-state index is 12.7. The Morgan fingerprint density at radius 3 is 1.77 bits per heavy atom. The highest BCUT2D eigenvalue weighted by Gasteiger charge is 2.43. The summed E-state index contributed by atoms with van der Waals surface area (Å²) in [5.41, 5.74) is 0.923. The molecule has 0 bridgehead atoms. The lowest BCUT2D eigenvalue weighted by atomic mass is 10.2. The molecule has 2 aromatic carbocycles. The highest BCUT2D eigenvalue weighted by molar-refractivity contribution is 6.17. The second-order valence-electron chi connectivity index (χ2n) is 4.32. The van der Waals surface area contributed by atoms with Crippen molar-refractivity contribution in [3.8, 4) is 17.2 Å². The molecular formula is C15H11ClF4O2. The highest BCUT2D eigenvalue weighted by Crippen LogP contribution is 2.29. The number of alkyl halides is 5. The van der Waals surface area contributed by atoms with Crippen LogP contribution in [0.25, 0.3) is 0 Å². The maximum Gasteiger partial charge on any atom is 0.461 e. The van der Waals surface area contributed by atoms with Gasteiger partial charge in [0.05, 0.1) is 0 Å². The van der Waals surface area contributed by atoms with Gasteiger partial charge in [0.25, 0.3) is 0 Å². The number of hydrogen-bond donors (Lipinski definition) is 0. The van der Waals surface area contributed by atoms with Crippen molar-refractivity contribution in [2.45, 2.75) is 18.4 Å². The van der Waals surface area contributed by atoms with Crippen LogP contribution < -0.4 is 9.47 Å². The van der Waals surface area contributed by atoms with Crippen molar-refractivity contribution in [3.05, 3.63) is 54.1 Å². The minimum atomic E-state index is -4.53. The molecule has 2 nitrogen and oxygen atoms in total. The molecule has 118 valence electrons. The van der Waals surface area contributed by atoms with Crippen molar-refractivity contribution in [1.29, 1.82) is 0 Å². The van der Waals surface area contributed by atoms with Crippen LogP contribution in [0.5, 0.6) is 17.2 Å². The molecule has 0 heterocycles. The molecule has 22 heavy (non-hydrogen) atoms. The van der Waals surface area contributed by atoms with Gasteiger partial charge in [0.15, 0.2) is 0 Å². The monoisotopic (exact) mass is 334 g/mol. The average molecular weight is 335 g/mol. The molecule has 2 rings (SSSR count). The summed E-state index contributed by atoms with van der Waals surface area (Å²) in [5, 5.41) is 0. The molecule has 0 spiro atoms. The minimum absolute atomic E-state index is 0.353. The molecule has 0 saturated carbocycles. The third-order valence-corrected chi connectivity index (χ3v) is 2.95. The number of benzene rings is 2. The lowest BCUT2D eigenvalue weighted by molar-refractivity contribution is -0.253. The lowest BCUT2D eigenvalue weighted by Crippen LogP contribution is -2.33. The van der Waals surface area contributed by atoms with E-state index in [1.54, 1.807) is 24.3 Å². The van der Waals surface area contributed by atoms with Crippen molar-refractivity contribution < 1.29 is 27.0 Å². The van der Waals surface area contributed by atoms with Crippen LogP contribution in [0.2, 0.25) is 0 Å². The lowest BCUT2D eigenvalue weighted by Gasteiger charge is -2.16. The third kappa shape index (κ3) is 4.27. The van der Waals surface area contributed by atoms with E-state index in [-0.39, 0.29) is 5.75 Å². The number of ether oxygens (including phenoxy) is 2. The van der Waals surface area contributed by atoms with E-state index in [1.165, 1.54) is 12.1 Å². The molecule has 0 aromatic heterocycles. The van der Waals surface area contributed by atoms with Crippen LogP contribution in [0.1, 0.15) is 5.56 Å². The molecule has 2 aromatic rings. The summed E-state index contributed by atoms with van der Waals surface area (Å²) >= 11 is 5.66. The second-order valence-corrected chi connectivity index (χ2v) is 4.58. The Balaban J connectivity index is 2.02. The minimum Gasteiger partial charge on any atom is -0.457 e. The summed E-state index contributed by atoms with van der Waals surface area (Å²) in [7, 11) is 0. The van der Waals surface area contributed by atoms with Gasteiger partial charge in [-0.25, -0.2) is 0 Å². The van der Waals surface area contributed by atoms with Gasteiger partial charge in [-0.2, -0.15) is 17.6 Å². The first-order valence-corrected chi connectivity index (χ1v) is 6.72. The van der Waals surface area contributed by atoms with E-state index in [0.29, 0.717) is 17.4 Å². The van der Waals surface area contributed by atoms with Crippen LogP contribution in [-0.4, -0.2) is 12.5 Å². The molecule has 7 heteroatoms. The summed E-state index contributed by atoms with van der Waals surface area (Å²) in [6.45, 7) is 0. The van der Waals surface area contributed by atoms with Crippen molar-refractivity contribution in [2.24, 2.45) is 0 Å². The Labute approximate surface area is 129 Å². The molecule has 0 atom stereocenters. The van der Waals surface area contributed by atoms with Crippen LogP contribution in [0.15, 0.2) is 48.5 Å². The number of hydrogen-bond acceptors (Lipinski definition) is 2. The largest absolute Gasteiger partial charge is 0.461 e. The standard InChI is InChI=1S/C15H11ClF4O2/c16-9-10-1-3-11(4-2-10)21-12-5-7-13(8-6-12)22-15(19,20)14(17)18/h1-8,14H,9H2. The SMILES string of the molecule is FC(F)C(F)(F)Oc1ccc(Oc2ccc(CCl)cc2)cc1. The van der Waals surface area contributed by atoms with Gasteiger partial charge < -0.3 is 9.47 Å². The molecule has 0 unspecified atom stereocenters. The molecule has 0 aliphatic heterocycles. The predicted octanol–water partition coefficient (Wildman–Crippen LogP) is 5.45. The first-order chi connectivity index (χ1) is 10.4. The van der Waals surface area contributed by atoms with E-state index >= 15 is 0 Å². The zero-order chi connectivity index (χ0) is 16.2. The van der Waals surface area contributed by atoms with Gasteiger partial charge in [-0.1, -0.05) is 12.1 Å². The Hall–Kier alpha value is -1.95. The van der Waals surface area contributed by atoms with Crippen molar-refractivity contribution >= 4 is 11.6 Å². The van der Waals surface area contributed by atoms with Crippen LogP contribution in [0, 0.1) is 0 Å². The van der Waals surface area contributed by atoms with Crippen LogP contribution >= 0.6 is 11.6 Å². The van der Waals surface area contributed by atoms with Gasteiger partial charge >= 0.3 is 12.5 Å². The normalized spacial score (nSPS) is 11.5. The molecule has 0 saturated heterocycles. The fraction of sp³-hybridized carbons (Fsp3) is 0.200. The van der Waals surface area contributed by atoms with Gasteiger partial charge in [-0.05, 0) is 42.0 Å². The zero-order valence-corrected chi connectivity index (χ0v) is 11.9. The molecule has 0 aliphatic rings. The summed E-state index contributed by atoms with van der Waals surface area (Å²) < 4.78 is 58.9. The molecule has 0 amide bonds. The van der Waals surface area contributed by atoms with E-state index in [4.69, 9.17) is 16.3 Å². The van der Waals surface area contributed by atoms with Crippen molar-refractivity contribution in [2.75, 3.05) is 0 Å². The second kappa shape index (κ2) is 6.87. The van der Waals surface area contributed by atoms with Gasteiger partial charge in [0, 0.05) is 5.88 Å². The predicted molar refractivity (Wildman–Crippen MR) is 74.1 cm³/mol. The van der Waals surface area contributed by atoms with E-state index in [1.807, 2.05) is 0 Å². The molecular weight excluding hydrogens is 324 g/mol. The molecule has 0 radical (unpaired) electrons. The summed E-state index contributed by atoms with van der Waals surface area (Å²) in [4.78, 5) is 0. The fourth-order valence-corrected chi connectivity index (χ4v) is 1.74. The maximum absolute atomic E-state index is 12.7. The Morgan fingerprint density at radius 1 is 0.864 bits per heavy atom. The van der Waals surface area contributed by atoms with Crippen molar-refractivity contribution in [3.63, 3.8) is 0 Å². The summed E-state index contributed by atoms with van der Waals surface area (Å²) in [6, 6.07) is 11.9. The highest BCUT2D eigenvalue weighted by atomic mass is 35.5. The van der Waals surface area contributed by atoms with Gasteiger partial charge in [0.2, 0.25) is 0 Å². The first kappa shape index (κ1) is 16.4. The first-order valence-electron chi connectivity index (χ1n) is 6.18. The van der Waals surface area contributed by atoms with Crippen molar-refractivity contribution in [1.82, 2.24) is 0 Å². The van der Waals surface area contributed by atoms with E-state index in [9.17, 15) is 17.6 Å². The summed E-state index contributed by atoms with van der Waals surface area (Å²) in [6.07, 6.45) is -8.43. The van der Waals surface area contributed by atoms with Gasteiger partial charge in [-0.3, -0.25) is 0 Å². The number of rotatable bonds is 6. The Bertz CT molecular complexity index is 600. The third-order valence-electron chi connectivity index (χ3n) is 2.65. The van der Waals surface area contributed by atoms with Crippen LogP contribution in [0.3, 0.4) is 0 Å². The Kier molecular flexibility index (Phi) is 5.13. The Morgan fingerprint density at radius 2 is 1.32 bits per heavy atom. The fourth-order valence-electron chi connectivity index (χ4n) is 1.56. The smallest absolute Gasteiger partial charge is 0.457 e. The van der Waals surface area contributed by atoms with Crippen LogP contribution in [-0.2, 0) is 5.88 Å². The molecule has 0 aliphatic carbocycles. The van der Waals surface area contributed by atoms with Gasteiger partial charge in [-0.15, -0.1) is 11.6 Å². The molecule has 0 fully saturated rings. The summed E-state index contributed by atoms with van der Waals surface area (Å²) in [5.74, 6) is 0.881. The average Bonchev–Trinajstić information content (AvgIpc) is 2.49. The van der Waals surface area contributed by atoms with E-state index < -0.39 is 12.5 Å². The topological polar surface area (TPSA) is 18.5 Å².